The average Bonchev–Trinajstić information content (AvgIpc) is 3.34. The lowest BCUT2D eigenvalue weighted by atomic mass is 10.00. The van der Waals surface area contributed by atoms with Crippen LogP contribution in [0.25, 0.3) is 28.4 Å². The van der Waals surface area contributed by atoms with Crippen LogP contribution in [0.2, 0.25) is 0 Å². The monoisotopic (exact) mass is 480 g/mol. The molecule has 3 aromatic carbocycles. The van der Waals surface area contributed by atoms with E-state index in [9.17, 15) is 27.9 Å². The van der Waals surface area contributed by atoms with Crippen LogP contribution < -0.4 is 9.47 Å². The molecule has 1 aliphatic heterocycles. The Balaban J connectivity index is 1.65. The Kier molecular flexibility index (Phi) is 5.32. The molecule has 9 heteroatoms. The third kappa shape index (κ3) is 3.80. The molecule has 1 aromatic heterocycles. The maximum atomic E-state index is 13.6. The number of aliphatic carboxylic acids is 1. The molecule has 0 aliphatic carbocycles. The van der Waals surface area contributed by atoms with Gasteiger partial charge in [-0.1, -0.05) is 0 Å². The molecule has 176 valence electrons. The first-order valence-corrected chi connectivity index (χ1v) is 10.3. The van der Waals surface area contributed by atoms with E-state index in [0.717, 1.165) is 18.2 Å². The van der Waals surface area contributed by atoms with Gasteiger partial charge < -0.3 is 19.0 Å². The molecule has 0 amide bonds. The SMILES string of the molecule is COc1ccc(-c2oc3ccc4c(c3c2CC(=O)O)O/C(=C\c2cc(F)c(F)c(F)c2)C4=O)cc1. The maximum absolute atomic E-state index is 13.6. The highest BCUT2D eigenvalue weighted by Gasteiger charge is 2.33. The first kappa shape index (κ1) is 22.3. The number of carboxylic acid groups (broad SMARTS) is 1. The number of carboxylic acids is 1. The lowest BCUT2D eigenvalue weighted by Gasteiger charge is -2.05. The summed E-state index contributed by atoms with van der Waals surface area (Å²) < 4.78 is 57.4. The van der Waals surface area contributed by atoms with Gasteiger partial charge in [0, 0.05) is 11.1 Å². The maximum Gasteiger partial charge on any atom is 0.307 e. The van der Waals surface area contributed by atoms with Crippen molar-refractivity contribution in [3.63, 3.8) is 0 Å². The minimum atomic E-state index is -1.63. The van der Waals surface area contributed by atoms with Gasteiger partial charge in [0.1, 0.15) is 22.8 Å². The van der Waals surface area contributed by atoms with E-state index in [-0.39, 0.29) is 28.4 Å². The van der Waals surface area contributed by atoms with E-state index < -0.39 is 35.6 Å². The molecule has 6 nitrogen and oxygen atoms in total. The van der Waals surface area contributed by atoms with Crippen LogP contribution >= 0.6 is 0 Å². The molecule has 0 bridgehead atoms. The van der Waals surface area contributed by atoms with E-state index in [4.69, 9.17) is 13.9 Å². The van der Waals surface area contributed by atoms with Gasteiger partial charge in [-0.3, -0.25) is 9.59 Å². The standard InChI is InChI=1S/C26H15F3O6/c1-33-14-4-2-13(3-5-14)25-16(11-21(30)31)22-19(34-25)7-6-15-24(32)20(35-26(15)22)10-12-8-17(27)23(29)18(28)9-12/h2-10H,11H2,1H3,(H,30,31)/b20-10-. The fourth-order valence-corrected chi connectivity index (χ4v) is 3.99. The first-order valence-electron chi connectivity index (χ1n) is 10.3. The molecule has 0 saturated heterocycles. The number of rotatable bonds is 5. The fraction of sp³-hybridized carbons (Fsp3) is 0.0769. The Labute approximate surface area is 195 Å². The summed E-state index contributed by atoms with van der Waals surface area (Å²) in [4.78, 5) is 24.6. The van der Waals surface area contributed by atoms with Crippen molar-refractivity contribution in [2.45, 2.75) is 6.42 Å². The van der Waals surface area contributed by atoms with Gasteiger partial charge in [-0.15, -0.1) is 0 Å². The number of ketones is 1. The van der Waals surface area contributed by atoms with Gasteiger partial charge in [-0.05, 0) is 60.2 Å². The molecule has 0 saturated carbocycles. The van der Waals surface area contributed by atoms with Crippen LogP contribution in [0, 0.1) is 17.5 Å². The molecular formula is C26H15F3O6. The van der Waals surface area contributed by atoms with Gasteiger partial charge in [-0.2, -0.15) is 0 Å². The van der Waals surface area contributed by atoms with Crippen molar-refractivity contribution < 1.29 is 41.8 Å². The lowest BCUT2D eigenvalue weighted by Crippen LogP contribution is -2.01. The van der Waals surface area contributed by atoms with E-state index in [1.54, 1.807) is 24.3 Å². The summed E-state index contributed by atoms with van der Waals surface area (Å²) in [7, 11) is 1.52. The normalized spacial score (nSPS) is 13.8. The third-order valence-corrected chi connectivity index (χ3v) is 5.57. The molecule has 35 heavy (non-hydrogen) atoms. The molecule has 0 fully saturated rings. The Hall–Kier alpha value is -4.53. The minimum absolute atomic E-state index is 0.0709. The van der Waals surface area contributed by atoms with Gasteiger partial charge >= 0.3 is 5.97 Å². The molecule has 0 radical (unpaired) electrons. The Morgan fingerprint density at radius 1 is 1.06 bits per heavy atom. The number of furan rings is 1. The first-order chi connectivity index (χ1) is 16.8. The smallest absolute Gasteiger partial charge is 0.307 e. The number of halogens is 3. The highest BCUT2D eigenvalue weighted by atomic mass is 19.2. The van der Waals surface area contributed by atoms with Crippen molar-refractivity contribution in [1.29, 1.82) is 0 Å². The zero-order valence-electron chi connectivity index (χ0n) is 18.0. The second-order valence-corrected chi connectivity index (χ2v) is 7.76. The lowest BCUT2D eigenvalue weighted by molar-refractivity contribution is -0.136. The Bertz CT molecular complexity index is 1530. The molecule has 1 aliphatic rings. The van der Waals surface area contributed by atoms with Gasteiger partial charge in [0.2, 0.25) is 5.78 Å². The largest absolute Gasteiger partial charge is 0.497 e. The van der Waals surface area contributed by atoms with Crippen molar-refractivity contribution in [3.05, 3.63) is 88.4 Å². The van der Waals surface area contributed by atoms with Crippen LogP contribution in [-0.2, 0) is 11.2 Å². The molecular weight excluding hydrogens is 465 g/mol. The third-order valence-electron chi connectivity index (χ3n) is 5.57. The number of allylic oxidation sites excluding steroid dienone is 1. The molecule has 4 aromatic rings. The van der Waals surface area contributed by atoms with Crippen molar-refractivity contribution in [3.8, 4) is 22.8 Å². The number of hydrogen-bond acceptors (Lipinski definition) is 5. The highest BCUT2D eigenvalue weighted by Crippen LogP contribution is 2.45. The van der Waals surface area contributed by atoms with Crippen LogP contribution in [0.3, 0.4) is 0 Å². The van der Waals surface area contributed by atoms with E-state index in [2.05, 4.69) is 0 Å². The number of carbonyl (C=O) groups excluding carboxylic acids is 1. The van der Waals surface area contributed by atoms with Gasteiger partial charge in [0.25, 0.3) is 0 Å². The van der Waals surface area contributed by atoms with Crippen LogP contribution in [-0.4, -0.2) is 24.0 Å². The molecule has 0 spiro atoms. The number of Topliss-reactive ketones (excluding diaryl/α,β-unsaturated/α-hetero) is 1. The van der Waals surface area contributed by atoms with Crippen LogP contribution in [0.5, 0.6) is 11.5 Å². The highest BCUT2D eigenvalue weighted by molar-refractivity contribution is 6.18. The number of hydrogen-bond donors (Lipinski definition) is 1. The molecule has 1 N–H and O–H groups in total. The second-order valence-electron chi connectivity index (χ2n) is 7.76. The minimum Gasteiger partial charge on any atom is -0.497 e. The zero-order chi connectivity index (χ0) is 24.9. The number of ether oxygens (including phenoxy) is 2. The summed E-state index contributed by atoms with van der Waals surface area (Å²) in [6.07, 6.45) is 0.664. The summed E-state index contributed by atoms with van der Waals surface area (Å²) >= 11 is 0. The molecule has 5 rings (SSSR count). The van der Waals surface area contributed by atoms with Crippen molar-refractivity contribution >= 4 is 28.8 Å². The van der Waals surface area contributed by atoms with E-state index in [1.165, 1.54) is 19.2 Å². The quantitative estimate of drug-likeness (QED) is 0.288. The zero-order valence-corrected chi connectivity index (χ0v) is 18.0. The van der Waals surface area contributed by atoms with E-state index in [0.29, 0.717) is 27.8 Å². The van der Waals surface area contributed by atoms with Gasteiger partial charge in [0.05, 0.1) is 24.5 Å². The van der Waals surface area contributed by atoms with Gasteiger partial charge in [0.15, 0.2) is 23.2 Å². The number of carbonyl (C=O) groups is 2. The second kappa shape index (κ2) is 8.35. The Morgan fingerprint density at radius 2 is 1.74 bits per heavy atom. The molecule has 0 unspecified atom stereocenters. The van der Waals surface area contributed by atoms with Crippen LogP contribution in [0.1, 0.15) is 21.5 Å². The van der Waals surface area contributed by atoms with E-state index >= 15 is 0 Å². The summed E-state index contributed by atoms with van der Waals surface area (Å²) in [5.41, 5.74) is 1.18. The van der Waals surface area contributed by atoms with Gasteiger partial charge in [-0.25, -0.2) is 13.2 Å². The average molecular weight is 480 g/mol. The summed E-state index contributed by atoms with van der Waals surface area (Å²) in [6.45, 7) is 0. The fourth-order valence-electron chi connectivity index (χ4n) is 3.99. The summed E-state index contributed by atoms with van der Waals surface area (Å²) in [5.74, 6) is -5.46. The van der Waals surface area contributed by atoms with Crippen LogP contribution in [0.15, 0.2) is 58.7 Å². The number of fused-ring (bicyclic) bond motifs is 3. The topological polar surface area (TPSA) is 86.0 Å². The molecule has 2 heterocycles. The predicted octanol–water partition coefficient (Wildman–Crippen LogP) is 5.77. The van der Waals surface area contributed by atoms with Crippen molar-refractivity contribution in [2.24, 2.45) is 0 Å². The van der Waals surface area contributed by atoms with E-state index in [1.807, 2.05) is 0 Å². The summed E-state index contributed by atoms with van der Waals surface area (Å²) in [6, 6.07) is 11.2. The van der Waals surface area contributed by atoms with Crippen molar-refractivity contribution in [1.82, 2.24) is 0 Å². The molecule has 0 atom stereocenters. The van der Waals surface area contributed by atoms with Crippen molar-refractivity contribution in [2.75, 3.05) is 7.11 Å². The predicted molar refractivity (Wildman–Crippen MR) is 119 cm³/mol. The number of benzene rings is 3. The van der Waals surface area contributed by atoms with Crippen LogP contribution in [0.4, 0.5) is 13.2 Å². The number of methoxy groups -OCH3 is 1. The summed E-state index contributed by atoms with van der Waals surface area (Å²) in [5, 5.41) is 9.83. The Morgan fingerprint density at radius 3 is 2.37 bits per heavy atom.